The molecule has 0 unspecified atom stereocenters. The van der Waals surface area contributed by atoms with Gasteiger partial charge in [0.05, 0.1) is 6.20 Å². The summed E-state index contributed by atoms with van der Waals surface area (Å²) in [6.07, 6.45) is 5.94. The minimum absolute atomic E-state index is 0.0286. The molecule has 2 rings (SSSR count). The van der Waals surface area contributed by atoms with Crippen molar-refractivity contribution in [3.63, 3.8) is 0 Å². The highest BCUT2D eigenvalue weighted by molar-refractivity contribution is 5.92. The van der Waals surface area contributed by atoms with Crippen molar-refractivity contribution in [2.75, 3.05) is 27.2 Å². The first-order valence-corrected chi connectivity index (χ1v) is 6.36. The molecule has 1 aromatic heterocycles. The Bertz CT molecular complexity index is 453. The van der Waals surface area contributed by atoms with Crippen LogP contribution in [0.3, 0.4) is 0 Å². The fourth-order valence-corrected chi connectivity index (χ4v) is 2.27. The standard InChI is InChI=1S/C13H18N4O2/c1-16(2)12(18)10-3-7-17(8-4-10)13(19)11-9-14-5-6-15-11/h5-6,9-10H,3-4,7-8H2,1-2H3. The molecule has 0 spiro atoms. The third-order valence-corrected chi connectivity index (χ3v) is 3.35. The molecule has 0 radical (unpaired) electrons. The Morgan fingerprint density at radius 3 is 2.47 bits per heavy atom. The van der Waals surface area contributed by atoms with Gasteiger partial charge in [0, 0.05) is 45.5 Å². The molecule has 0 saturated carbocycles. The second kappa shape index (κ2) is 5.77. The minimum Gasteiger partial charge on any atom is -0.349 e. The van der Waals surface area contributed by atoms with Gasteiger partial charge in [-0.25, -0.2) is 4.98 Å². The molecule has 2 amide bonds. The highest BCUT2D eigenvalue weighted by Crippen LogP contribution is 2.19. The Labute approximate surface area is 112 Å². The fourth-order valence-electron chi connectivity index (χ4n) is 2.27. The number of carbonyl (C=O) groups is 2. The average molecular weight is 262 g/mol. The van der Waals surface area contributed by atoms with Gasteiger partial charge in [-0.05, 0) is 12.8 Å². The quantitative estimate of drug-likeness (QED) is 0.774. The van der Waals surface area contributed by atoms with Crippen LogP contribution in [0.2, 0.25) is 0 Å². The van der Waals surface area contributed by atoms with Crippen molar-refractivity contribution in [1.82, 2.24) is 19.8 Å². The summed E-state index contributed by atoms with van der Waals surface area (Å²) in [6.45, 7) is 1.19. The van der Waals surface area contributed by atoms with Crippen LogP contribution in [0.5, 0.6) is 0 Å². The van der Waals surface area contributed by atoms with Gasteiger partial charge in [0.2, 0.25) is 5.91 Å². The van der Waals surface area contributed by atoms with Crippen molar-refractivity contribution in [3.8, 4) is 0 Å². The van der Waals surface area contributed by atoms with E-state index in [1.165, 1.54) is 12.4 Å². The van der Waals surface area contributed by atoms with Crippen LogP contribution in [0.25, 0.3) is 0 Å². The highest BCUT2D eigenvalue weighted by atomic mass is 16.2. The molecule has 0 bridgehead atoms. The maximum Gasteiger partial charge on any atom is 0.274 e. The third kappa shape index (κ3) is 3.07. The molecule has 0 aromatic carbocycles. The van der Waals surface area contributed by atoms with Gasteiger partial charge in [-0.3, -0.25) is 14.6 Å². The van der Waals surface area contributed by atoms with Crippen molar-refractivity contribution in [2.24, 2.45) is 5.92 Å². The normalized spacial score (nSPS) is 16.2. The first-order chi connectivity index (χ1) is 9.09. The van der Waals surface area contributed by atoms with E-state index in [0.717, 1.165) is 0 Å². The Balaban J connectivity index is 1.94. The van der Waals surface area contributed by atoms with E-state index in [-0.39, 0.29) is 17.7 Å². The van der Waals surface area contributed by atoms with Crippen LogP contribution in [-0.4, -0.2) is 58.8 Å². The number of nitrogens with zero attached hydrogens (tertiary/aromatic N) is 4. The molecule has 1 aromatic rings. The van der Waals surface area contributed by atoms with Crippen LogP contribution in [0, 0.1) is 5.92 Å². The van der Waals surface area contributed by atoms with E-state index in [0.29, 0.717) is 31.6 Å². The average Bonchev–Trinajstić information content (AvgIpc) is 2.46. The van der Waals surface area contributed by atoms with Gasteiger partial charge in [-0.2, -0.15) is 0 Å². The van der Waals surface area contributed by atoms with Gasteiger partial charge in [0.1, 0.15) is 5.69 Å². The Morgan fingerprint density at radius 1 is 1.26 bits per heavy atom. The second-order valence-corrected chi connectivity index (χ2v) is 4.89. The molecule has 0 aliphatic carbocycles. The fraction of sp³-hybridized carbons (Fsp3) is 0.538. The summed E-state index contributed by atoms with van der Waals surface area (Å²) in [5.74, 6) is 0.0661. The van der Waals surface area contributed by atoms with Crippen LogP contribution in [0.15, 0.2) is 18.6 Å². The monoisotopic (exact) mass is 262 g/mol. The van der Waals surface area contributed by atoms with E-state index in [4.69, 9.17) is 0 Å². The second-order valence-electron chi connectivity index (χ2n) is 4.89. The molecule has 1 fully saturated rings. The van der Waals surface area contributed by atoms with Crippen molar-refractivity contribution in [1.29, 1.82) is 0 Å². The van der Waals surface area contributed by atoms with Gasteiger partial charge in [0.25, 0.3) is 5.91 Å². The van der Waals surface area contributed by atoms with Gasteiger partial charge in [-0.1, -0.05) is 0 Å². The summed E-state index contributed by atoms with van der Waals surface area (Å²) >= 11 is 0. The van der Waals surface area contributed by atoms with Crippen LogP contribution in [-0.2, 0) is 4.79 Å². The van der Waals surface area contributed by atoms with Crippen molar-refractivity contribution < 1.29 is 9.59 Å². The number of carbonyl (C=O) groups excluding carboxylic acids is 2. The lowest BCUT2D eigenvalue weighted by Crippen LogP contribution is -2.43. The Kier molecular flexibility index (Phi) is 4.09. The van der Waals surface area contributed by atoms with E-state index >= 15 is 0 Å². The number of piperidine rings is 1. The molecule has 0 N–H and O–H groups in total. The van der Waals surface area contributed by atoms with Gasteiger partial charge >= 0.3 is 0 Å². The molecule has 0 atom stereocenters. The summed E-state index contributed by atoms with van der Waals surface area (Å²) in [7, 11) is 3.53. The summed E-state index contributed by atoms with van der Waals surface area (Å²) in [6, 6.07) is 0. The van der Waals surface area contributed by atoms with Crippen LogP contribution < -0.4 is 0 Å². The number of amides is 2. The SMILES string of the molecule is CN(C)C(=O)C1CCN(C(=O)c2cnccn2)CC1. The predicted octanol–water partition coefficient (Wildman–Crippen LogP) is 0.417. The van der Waals surface area contributed by atoms with E-state index in [9.17, 15) is 9.59 Å². The summed E-state index contributed by atoms with van der Waals surface area (Å²) in [5.41, 5.74) is 0.361. The zero-order valence-electron chi connectivity index (χ0n) is 11.2. The maximum absolute atomic E-state index is 12.1. The van der Waals surface area contributed by atoms with Crippen molar-refractivity contribution in [2.45, 2.75) is 12.8 Å². The first-order valence-electron chi connectivity index (χ1n) is 6.36. The van der Waals surface area contributed by atoms with E-state index < -0.39 is 0 Å². The first kappa shape index (κ1) is 13.5. The van der Waals surface area contributed by atoms with E-state index in [2.05, 4.69) is 9.97 Å². The van der Waals surface area contributed by atoms with Crippen molar-refractivity contribution >= 4 is 11.8 Å². The molecule has 1 aliphatic heterocycles. The molecule has 6 nitrogen and oxygen atoms in total. The van der Waals surface area contributed by atoms with Gasteiger partial charge < -0.3 is 9.80 Å². The molecular weight excluding hydrogens is 244 g/mol. The topological polar surface area (TPSA) is 66.4 Å². The molecular formula is C13H18N4O2. The Morgan fingerprint density at radius 2 is 1.95 bits per heavy atom. The lowest BCUT2D eigenvalue weighted by molar-refractivity contribution is -0.134. The van der Waals surface area contributed by atoms with Gasteiger partial charge in [-0.15, -0.1) is 0 Å². The van der Waals surface area contributed by atoms with E-state index in [1.807, 2.05) is 0 Å². The number of hydrogen-bond donors (Lipinski definition) is 0. The third-order valence-electron chi connectivity index (χ3n) is 3.35. The van der Waals surface area contributed by atoms with Gasteiger partial charge in [0.15, 0.2) is 0 Å². The number of rotatable bonds is 2. The van der Waals surface area contributed by atoms with Crippen LogP contribution in [0.1, 0.15) is 23.3 Å². The highest BCUT2D eigenvalue weighted by Gasteiger charge is 2.28. The number of likely N-dealkylation sites (tertiary alicyclic amines) is 1. The van der Waals surface area contributed by atoms with Crippen LogP contribution in [0.4, 0.5) is 0 Å². The zero-order chi connectivity index (χ0) is 13.8. The molecule has 1 saturated heterocycles. The predicted molar refractivity (Wildman–Crippen MR) is 69.4 cm³/mol. The van der Waals surface area contributed by atoms with Crippen LogP contribution >= 0.6 is 0 Å². The molecule has 19 heavy (non-hydrogen) atoms. The number of hydrogen-bond acceptors (Lipinski definition) is 4. The summed E-state index contributed by atoms with van der Waals surface area (Å²) in [5, 5.41) is 0. The molecule has 2 heterocycles. The lowest BCUT2D eigenvalue weighted by Gasteiger charge is -2.32. The maximum atomic E-state index is 12.1. The largest absolute Gasteiger partial charge is 0.349 e. The molecule has 6 heteroatoms. The lowest BCUT2D eigenvalue weighted by atomic mass is 9.95. The Hall–Kier alpha value is -1.98. The zero-order valence-corrected chi connectivity index (χ0v) is 11.2. The van der Waals surface area contributed by atoms with Crippen molar-refractivity contribution in [3.05, 3.63) is 24.3 Å². The van der Waals surface area contributed by atoms with E-state index in [1.54, 1.807) is 30.1 Å². The number of aromatic nitrogens is 2. The smallest absolute Gasteiger partial charge is 0.274 e. The summed E-state index contributed by atoms with van der Waals surface area (Å²) in [4.78, 5) is 35.2. The summed E-state index contributed by atoms with van der Waals surface area (Å²) < 4.78 is 0. The minimum atomic E-state index is -0.108. The molecule has 1 aliphatic rings. The molecule has 102 valence electrons.